The van der Waals surface area contributed by atoms with E-state index in [1.165, 1.54) is 16.3 Å². The number of amides is 1. The Morgan fingerprint density at radius 2 is 1.86 bits per heavy atom. The van der Waals surface area contributed by atoms with Crippen LogP contribution in [0.1, 0.15) is 19.4 Å². The zero-order chi connectivity index (χ0) is 15.8. The number of hydrogen-bond acceptors (Lipinski definition) is 1. The highest BCUT2D eigenvalue weighted by Gasteiger charge is 1.96. The predicted molar refractivity (Wildman–Crippen MR) is 93.8 cm³/mol. The molecule has 2 nitrogen and oxygen atoms in total. The number of rotatable bonds is 6. The van der Waals surface area contributed by atoms with Crippen molar-refractivity contribution < 1.29 is 4.79 Å². The van der Waals surface area contributed by atoms with Crippen LogP contribution in [0, 0.1) is 5.92 Å². The second-order valence-electron chi connectivity index (χ2n) is 5.81. The second kappa shape index (κ2) is 8.18. The van der Waals surface area contributed by atoms with Crippen LogP contribution in [0.25, 0.3) is 10.8 Å². The zero-order valence-electron chi connectivity index (χ0n) is 13.3. The van der Waals surface area contributed by atoms with Gasteiger partial charge in [-0.3, -0.25) is 4.79 Å². The van der Waals surface area contributed by atoms with Crippen molar-refractivity contribution in [1.29, 1.82) is 0 Å². The Labute approximate surface area is 132 Å². The van der Waals surface area contributed by atoms with Crippen molar-refractivity contribution in [1.82, 2.24) is 5.32 Å². The normalized spacial score (nSPS) is 11.8. The maximum atomic E-state index is 11.5. The third-order valence-corrected chi connectivity index (χ3v) is 3.35. The summed E-state index contributed by atoms with van der Waals surface area (Å²) in [5.74, 6) is 0.435. The van der Waals surface area contributed by atoms with E-state index in [1.807, 2.05) is 6.08 Å². The maximum absolute atomic E-state index is 11.5. The number of hydrogen-bond donors (Lipinski definition) is 1. The van der Waals surface area contributed by atoms with Gasteiger partial charge >= 0.3 is 0 Å². The Morgan fingerprint density at radius 3 is 2.64 bits per heavy atom. The standard InChI is InChI=1S/C20H23NO/c1-16(2)15-21-20(22)11-5-3-4-8-17-12-13-18-9-6-7-10-19(18)14-17/h3-7,9-14,16H,8,15H2,1-2H3,(H,21,22)/b4-3+,11-5+. The van der Waals surface area contributed by atoms with E-state index in [4.69, 9.17) is 0 Å². The van der Waals surface area contributed by atoms with Gasteiger partial charge in [0, 0.05) is 12.6 Å². The average Bonchev–Trinajstić information content (AvgIpc) is 2.52. The van der Waals surface area contributed by atoms with Crippen LogP contribution in [0.5, 0.6) is 0 Å². The molecule has 0 aromatic heterocycles. The Bertz CT molecular complexity index is 683. The molecule has 2 aromatic carbocycles. The molecule has 2 aromatic rings. The summed E-state index contributed by atoms with van der Waals surface area (Å²) < 4.78 is 0. The fourth-order valence-electron chi connectivity index (χ4n) is 2.16. The zero-order valence-corrected chi connectivity index (χ0v) is 13.3. The summed E-state index contributed by atoms with van der Waals surface area (Å²) in [6.45, 7) is 4.87. The third-order valence-electron chi connectivity index (χ3n) is 3.35. The first-order valence-corrected chi connectivity index (χ1v) is 7.74. The molecule has 2 heteroatoms. The number of fused-ring (bicyclic) bond motifs is 1. The van der Waals surface area contributed by atoms with E-state index in [9.17, 15) is 4.79 Å². The molecule has 1 N–H and O–H groups in total. The van der Waals surface area contributed by atoms with Crippen LogP contribution >= 0.6 is 0 Å². The van der Waals surface area contributed by atoms with Crippen LogP contribution < -0.4 is 5.32 Å². The van der Waals surface area contributed by atoms with Crippen molar-refractivity contribution in [2.45, 2.75) is 20.3 Å². The molecule has 0 aliphatic rings. The van der Waals surface area contributed by atoms with Crippen molar-refractivity contribution in [3.8, 4) is 0 Å². The molecule has 0 spiro atoms. The minimum atomic E-state index is -0.0379. The van der Waals surface area contributed by atoms with Crippen LogP contribution in [-0.2, 0) is 11.2 Å². The molecule has 0 saturated heterocycles. The lowest BCUT2D eigenvalue weighted by Crippen LogP contribution is -2.25. The molecule has 0 fully saturated rings. The van der Waals surface area contributed by atoms with Gasteiger partial charge in [-0.15, -0.1) is 0 Å². The highest BCUT2D eigenvalue weighted by Crippen LogP contribution is 2.16. The highest BCUT2D eigenvalue weighted by atomic mass is 16.1. The lowest BCUT2D eigenvalue weighted by atomic mass is 10.1. The number of allylic oxidation sites excluding steroid dienone is 3. The van der Waals surface area contributed by atoms with Gasteiger partial charge < -0.3 is 5.32 Å². The lowest BCUT2D eigenvalue weighted by Gasteiger charge is -2.03. The molecule has 0 aliphatic heterocycles. The fraction of sp³-hybridized carbons (Fsp3) is 0.250. The van der Waals surface area contributed by atoms with Gasteiger partial charge in [-0.2, -0.15) is 0 Å². The van der Waals surface area contributed by atoms with Crippen molar-refractivity contribution in [2.75, 3.05) is 6.54 Å². The van der Waals surface area contributed by atoms with Crippen molar-refractivity contribution in [3.63, 3.8) is 0 Å². The maximum Gasteiger partial charge on any atom is 0.243 e. The minimum Gasteiger partial charge on any atom is -0.352 e. The van der Waals surface area contributed by atoms with E-state index in [1.54, 1.807) is 12.2 Å². The monoisotopic (exact) mass is 293 g/mol. The molecule has 0 radical (unpaired) electrons. The molecule has 0 atom stereocenters. The van der Waals surface area contributed by atoms with Crippen LogP contribution in [0.4, 0.5) is 0 Å². The van der Waals surface area contributed by atoms with Gasteiger partial charge in [0.1, 0.15) is 0 Å². The first-order chi connectivity index (χ1) is 10.6. The van der Waals surface area contributed by atoms with Gasteiger partial charge in [0.2, 0.25) is 5.91 Å². The molecule has 22 heavy (non-hydrogen) atoms. The number of carbonyl (C=O) groups is 1. The summed E-state index contributed by atoms with van der Waals surface area (Å²) >= 11 is 0. The molecule has 0 saturated carbocycles. The Kier molecular flexibility index (Phi) is 5.96. The predicted octanol–water partition coefficient (Wildman–Crippen LogP) is 4.27. The topological polar surface area (TPSA) is 29.1 Å². The molecule has 0 aliphatic carbocycles. The Morgan fingerprint density at radius 1 is 1.09 bits per heavy atom. The molecule has 1 amide bonds. The first-order valence-electron chi connectivity index (χ1n) is 7.74. The van der Waals surface area contributed by atoms with Crippen LogP contribution in [-0.4, -0.2) is 12.5 Å². The van der Waals surface area contributed by atoms with E-state index in [-0.39, 0.29) is 5.91 Å². The van der Waals surface area contributed by atoms with Crippen LogP contribution in [0.3, 0.4) is 0 Å². The molecular formula is C20H23NO. The van der Waals surface area contributed by atoms with E-state index < -0.39 is 0 Å². The summed E-state index contributed by atoms with van der Waals surface area (Å²) in [5.41, 5.74) is 1.27. The molecular weight excluding hydrogens is 270 g/mol. The fourth-order valence-corrected chi connectivity index (χ4v) is 2.16. The van der Waals surface area contributed by atoms with Gasteiger partial charge in [0.15, 0.2) is 0 Å². The molecule has 0 bridgehead atoms. The van der Waals surface area contributed by atoms with Gasteiger partial charge in [-0.25, -0.2) is 0 Å². The Hall–Kier alpha value is -2.35. The number of benzene rings is 2. The van der Waals surface area contributed by atoms with Crippen molar-refractivity contribution in [3.05, 3.63) is 72.3 Å². The molecule has 0 unspecified atom stereocenters. The minimum absolute atomic E-state index is 0.0379. The number of carbonyl (C=O) groups excluding carboxylic acids is 1. The molecule has 0 heterocycles. The van der Waals surface area contributed by atoms with Gasteiger partial charge in [-0.05, 0) is 28.7 Å². The van der Waals surface area contributed by atoms with Crippen molar-refractivity contribution in [2.24, 2.45) is 5.92 Å². The van der Waals surface area contributed by atoms with Crippen LogP contribution in [0.2, 0.25) is 0 Å². The summed E-state index contributed by atoms with van der Waals surface area (Å²) in [5, 5.41) is 5.37. The van der Waals surface area contributed by atoms with Gasteiger partial charge in [0.25, 0.3) is 0 Å². The lowest BCUT2D eigenvalue weighted by molar-refractivity contribution is -0.116. The third kappa shape index (κ3) is 5.21. The second-order valence-corrected chi connectivity index (χ2v) is 5.81. The van der Waals surface area contributed by atoms with Crippen molar-refractivity contribution >= 4 is 16.7 Å². The SMILES string of the molecule is CC(C)CNC(=O)/C=C/C=C/Cc1ccc2ccccc2c1. The van der Waals surface area contributed by atoms with E-state index in [0.29, 0.717) is 12.5 Å². The molecule has 114 valence electrons. The van der Waals surface area contributed by atoms with E-state index in [2.05, 4.69) is 67.7 Å². The van der Waals surface area contributed by atoms with Gasteiger partial charge in [0.05, 0.1) is 0 Å². The molecule has 2 rings (SSSR count). The average molecular weight is 293 g/mol. The largest absolute Gasteiger partial charge is 0.352 e. The summed E-state index contributed by atoms with van der Waals surface area (Å²) in [6, 6.07) is 14.9. The highest BCUT2D eigenvalue weighted by molar-refractivity contribution is 5.87. The van der Waals surface area contributed by atoms with E-state index >= 15 is 0 Å². The summed E-state index contributed by atoms with van der Waals surface area (Å²) in [6.07, 6.45) is 8.21. The smallest absolute Gasteiger partial charge is 0.243 e. The first kappa shape index (κ1) is 16.0. The van der Waals surface area contributed by atoms with Crippen LogP contribution in [0.15, 0.2) is 66.8 Å². The Balaban J connectivity index is 1.84. The summed E-state index contributed by atoms with van der Waals surface area (Å²) in [7, 11) is 0. The van der Waals surface area contributed by atoms with Gasteiger partial charge in [-0.1, -0.05) is 74.5 Å². The number of nitrogens with one attached hydrogen (secondary N) is 1. The summed E-state index contributed by atoms with van der Waals surface area (Å²) in [4.78, 5) is 11.5. The van der Waals surface area contributed by atoms with E-state index in [0.717, 1.165) is 6.42 Å². The quantitative estimate of drug-likeness (QED) is 0.625.